The molecule has 5 heteroatoms. The van der Waals surface area contributed by atoms with Gasteiger partial charge in [0, 0.05) is 5.41 Å². The first-order chi connectivity index (χ1) is 12.2. The molecule has 3 fully saturated rings. The third-order valence-corrected chi connectivity index (χ3v) is 8.77. The molecule has 4 rings (SSSR count). The van der Waals surface area contributed by atoms with Crippen molar-refractivity contribution in [3.63, 3.8) is 0 Å². The quantitative estimate of drug-likeness (QED) is 0.558. The smallest absolute Gasteiger partial charge is 0.190 e. The van der Waals surface area contributed by atoms with Crippen LogP contribution < -0.4 is 0 Å². The highest BCUT2D eigenvalue weighted by molar-refractivity contribution is 5.89. The van der Waals surface area contributed by atoms with Gasteiger partial charge in [-0.2, -0.15) is 0 Å². The number of aliphatic hydroxyl groups excluding tert-OH is 3. The van der Waals surface area contributed by atoms with Crippen LogP contribution in [0.2, 0.25) is 0 Å². The molecule has 0 amide bonds. The van der Waals surface area contributed by atoms with E-state index in [9.17, 15) is 25.2 Å². The summed E-state index contributed by atoms with van der Waals surface area (Å²) in [7, 11) is 0. The molecule has 0 bridgehead atoms. The number of fused-ring (bicyclic) bond motifs is 5. The molecule has 0 aromatic rings. The molecule has 0 aromatic heterocycles. The van der Waals surface area contributed by atoms with Gasteiger partial charge in [0.15, 0.2) is 5.78 Å². The van der Waals surface area contributed by atoms with E-state index in [1.54, 1.807) is 0 Å². The molecule has 0 aromatic carbocycles. The van der Waals surface area contributed by atoms with Crippen LogP contribution in [0.3, 0.4) is 0 Å². The summed E-state index contributed by atoms with van der Waals surface area (Å²) in [4.78, 5) is 12.4. The first kappa shape index (κ1) is 18.6. The number of ketones is 1. The van der Waals surface area contributed by atoms with E-state index in [0.717, 1.165) is 25.7 Å². The van der Waals surface area contributed by atoms with Crippen LogP contribution in [0, 0.1) is 28.6 Å². The van der Waals surface area contributed by atoms with Gasteiger partial charge in [0.25, 0.3) is 0 Å². The molecule has 3 saturated carbocycles. The summed E-state index contributed by atoms with van der Waals surface area (Å²) in [5.41, 5.74) is -1.06. The van der Waals surface area contributed by atoms with Crippen molar-refractivity contribution >= 4 is 5.78 Å². The van der Waals surface area contributed by atoms with Crippen LogP contribution >= 0.6 is 0 Å². The number of hydrogen-bond donors (Lipinski definition) is 4. The van der Waals surface area contributed by atoms with Crippen molar-refractivity contribution < 1.29 is 25.2 Å². The third-order valence-electron chi connectivity index (χ3n) is 8.77. The van der Waals surface area contributed by atoms with Gasteiger partial charge in [-0.3, -0.25) is 4.79 Å². The number of carbonyl (C=O) groups excluding carboxylic acids is 1. The van der Waals surface area contributed by atoms with Crippen molar-refractivity contribution in [2.24, 2.45) is 28.6 Å². The molecule has 26 heavy (non-hydrogen) atoms. The summed E-state index contributed by atoms with van der Waals surface area (Å²) in [5, 5.41) is 41.8. The highest BCUT2D eigenvalue weighted by Crippen LogP contribution is 2.67. The minimum atomic E-state index is -1.54. The fraction of sp³-hybridized carbons (Fsp3) is 0.857. The van der Waals surface area contributed by atoms with Crippen molar-refractivity contribution in [2.75, 3.05) is 6.61 Å². The number of allylic oxidation sites excluding steroid dienone is 1. The fourth-order valence-electron chi connectivity index (χ4n) is 7.37. The Morgan fingerprint density at radius 1 is 1.23 bits per heavy atom. The number of rotatable bonds is 2. The lowest BCUT2D eigenvalue weighted by atomic mass is 9.46. The van der Waals surface area contributed by atoms with Gasteiger partial charge in [-0.25, -0.2) is 0 Å². The maximum absolute atomic E-state index is 12.4. The van der Waals surface area contributed by atoms with Crippen molar-refractivity contribution in [1.82, 2.24) is 0 Å². The van der Waals surface area contributed by atoms with Gasteiger partial charge in [0.2, 0.25) is 0 Å². The minimum absolute atomic E-state index is 0.107. The van der Waals surface area contributed by atoms with Crippen LogP contribution in [0.4, 0.5) is 0 Å². The van der Waals surface area contributed by atoms with Crippen molar-refractivity contribution in [1.29, 1.82) is 0 Å². The number of aliphatic hydroxyl groups is 4. The zero-order valence-corrected chi connectivity index (χ0v) is 15.8. The highest BCUT2D eigenvalue weighted by atomic mass is 16.3. The van der Waals surface area contributed by atoms with Crippen molar-refractivity contribution in [3.8, 4) is 0 Å². The van der Waals surface area contributed by atoms with E-state index in [0.29, 0.717) is 19.3 Å². The summed E-state index contributed by atoms with van der Waals surface area (Å²) < 4.78 is 0. The highest BCUT2D eigenvalue weighted by Gasteiger charge is 2.67. The molecule has 4 N–H and O–H groups in total. The van der Waals surface area contributed by atoms with Gasteiger partial charge in [-0.15, -0.1) is 0 Å². The second-order valence-corrected chi connectivity index (χ2v) is 9.74. The zero-order chi connectivity index (χ0) is 18.9. The van der Waals surface area contributed by atoms with Crippen LogP contribution in [-0.4, -0.2) is 50.6 Å². The van der Waals surface area contributed by atoms with Gasteiger partial charge in [-0.05, 0) is 68.1 Å². The molecule has 4 aliphatic carbocycles. The topological polar surface area (TPSA) is 98.0 Å². The SMILES string of the molecule is C[C@]12CCC(O)CC1=CC[C@@H]1[C@@H]2C(O)C[C@@]2(C)[C@H]1CC[C@]2(O)C(=O)CO. The van der Waals surface area contributed by atoms with Crippen LogP contribution in [0.15, 0.2) is 11.6 Å². The standard InChI is InChI=1S/C21H32O5/c1-19-7-5-13(23)9-12(19)3-4-14-15-6-8-21(26,17(25)11-22)20(15,2)10-16(24)18(14)19/h3,13-16,18,22-24,26H,4-11H2,1-2H3/t13?,14-,15-,16?,18+,19-,20-,21-/m0/s1. The number of Topliss-reactive ketones (excluding diaryl/α,β-unsaturated/α-hetero) is 1. The minimum Gasteiger partial charge on any atom is -0.393 e. The largest absolute Gasteiger partial charge is 0.393 e. The maximum Gasteiger partial charge on any atom is 0.190 e. The molecule has 0 saturated heterocycles. The van der Waals surface area contributed by atoms with E-state index in [4.69, 9.17) is 0 Å². The molecule has 0 heterocycles. The van der Waals surface area contributed by atoms with Crippen molar-refractivity contribution in [3.05, 3.63) is 11.6 Å². The lowest BCUT2D eigenvalue weighted by Crippen LogP contribution is -2.61. The Morgan fingerprint density at radius 2 is 1.96 bits per heavy atom. The predicted molar refractivity (Wildman–Crippen MR) is 96.1 cm³/mol. The molecular weight excluding hydrogens is 332 g/mol. The molecular formula is C21H32O5. The average molecular weight is 364 g/mol. The third kappa shape index (κ3) is 2.20. The average Bonchev–Trinajstić information content (AvgIpc) is 2.86. The van der Waals surface area contributed by atoms with Gasteiger partial charge < -0.3 is 20.4 Å². The summed E-state index contributed by atoms with van der Waals surface area (Å²) in [6, 6.07) is 0. The lowest BCUT2D eigenvalue weighted by Gasteiger charge is -2.60. The van der Waals surface area contributed by atoms with Crippen LogP contribution in [0.25, 0.3) is 0 Å². The Bertz CT molecular complexity index is 644. The van der Waals surface area contributed by atoms with Crippen LogP contribution in [0.1, 0.15) is 58.8 Å². The lowest BCUT2D eigenvalue weighted by molar-refractivity contribution is -0.180. The van der Waals surface area contributed by atoms with Gasteiger partial charge in [0.05, 0.1) is 12.2 Å². The monoisotopic (exact) mass is 364 g/mol. The second kappa shape index (κ2) is 5.87. The van der Waals surface area contributed by atoms with E-state index in [-0.39, 0.29) is 29.3 Å². The molecule has 146 valence electrons. The number of hydrogen-bond acceptors (Lipinski definition) is 5. The normalized spacial score (nSPS) is 53.3. The summed E-state index contributed by atoms with van der Waals surface area (Å²) in [6.07, 6.45) is 6.09. The summed E-state index contributed by atoms with van der Waals surface area (Å²) in [5.74, 6) is -0.00187. The molecule has 0 radical (unpaired) electrons. The summed E-state index contributed by atoms with van der Waals surface area (Å²) in [6.45, 7) is 3.51. The first-order valence-corrected chi connectivity index (χ1v) is 10.1. The molecule has 8 atom stereocenters. The Balaban J connectivity index is 1.73. The fourth-order valence-corrected chi connectivity index (χ4v) is 7.37. The van der Waals surface area contributed by atoms with Crippen LogP contribution in [0.5, 0.6) is 0 Å². The Kier molecular flexibility index (Phi) is 4.20. The zero-order valence-electron chi connectivity index (χ0n) is 15.8. The van der Waals surface area contributed by atoms with E-state index >= 15 is 0 Å². The molecule has 0 spiro atoms. The maximum atomic E-state index is 12.4. The summed E-state index contributed by atoms with van der Waals surface area (Å²) >= 11 is 0. The van der Waals surface area contributed by atoms with Crippen LogP contribution in [-0.2, 0) is 4.79 Å². The van der Waals surface area contributed by atoms with E-state index in [2.05, 4.69) is 13.0 Å². The molecule has 2 unspecified atom stereocenters. The Labute approximate surface area is 155 Å². The van der Waals surface area contributed by atoms with E-state index in [1.807, 2.05) is 6.92 Å². The van der Waals surface area contributed by atoms with Gasteiger partial charge in [0.1, 0.15) is 12.2 Å². The van der Waals surface area contributed by atoms with Gasteiger partial charge in [-0.1, -0.05) is 25.5 Å². The molecule has 0 aliphatic heterocycles. The molecule has 5 nitrogen and oxygen atoms in total. The molecule has 4 aliphatic rings. The van der Waals surface area contributed by atoms with Gasteiger partial charge >= 0.3 is 0 Å². The van der Waals surface area contributed by atoms with E-state index < -0.39 is 29.5 Å². The Hall–Kier alpha value is -0.750. The number of carbonyl (C=O) groups is 1. The Morgan fingerprint density at radius 3 is 2.65 bits per heavy atom. The predicted octanol–water partition coefficient (Wildman–Crippen LogP) is 1.57. The second-order valence-electron chi connectivity index (χ2n) is 9.74. The first-order valence-electron chi connectivity index (χ1n) is 10.1. The van der Waals surface area contributed by atoms with E-state index in [1.165, 1.54) is 5.57 Å². The van der Waals surface area contributed by atoms with Crippen molar-refractivity contribution in [2.45, 2.75) is 76.6 Å².